The van der Waals surface area contributed by atoms with E-state index in [0.717, 1.165) is 10.5 Å². The molecule has 2 N–H and O–H groups in total. The van der Waals surface area contributed by atoms with Gasteiger partial charge in [-0.3, -0.25) is 19.7 Å². The van der Waals surface area contributed by atoms with Crippen molar-refractivity contribution in [3.63, 3.8) is 0 Å². The summed E-state index contributed by atoms with van der Waals surface area (Å²) >= 11 is 13.5. The maximum Gasteiger partial charge on any atom is 0.270 e. The van der Waals surface area contributed by atoms with Crippen molar-refractivity contribution in [3.05, 3.63) is 128 Å². The molecule has 186 valence electrons. The molecule has 0 heterocycles. The predicted molar refractivity (Wildman–Crippen MR) is 148 cm³/mol. The number of hydrogen-bond donors (Lipinski definition) is 2. The largest absolute Gasteiger partial charge is 0.323 e. The van der Waals surface area contributed by atoms with Crippen LogP contribution in [0.4, 0.5) is 17.1 Å². The average molecular weight is 552 g/mol. The predicted octanol–water partition coefficient (Wildman–Crippen LogP) is 7.63. The van der Waals surface area contributed by atoms with Crippen LogP contribution in [0.2, 0.25) is 10.0 Å². The van der Waals surface area contributed by atoms with Gasteiger partial charge in [-0.1, -0.05) is 59.6 Å². The van der Waals surface area contributed by atoms with E-state index in [0.29, 0.717) is 21.4 Å². The van der Waals surface area contributed by atoms with Gasteiger partial charge in [0.1, 0.15) is 5.25 Å². The molecule has 0 fully saturated rings. The minimum Gasteiger partial charge on any atom is -0.323 e. The Morgan fingerprint density at radius 2 is 1.57 bits per heavy atom. The number of halogens is 2. The van der Waals surface area contributed by atoms with Crippen LogP contribution in [0.5, 0.6) is 0 Å². The zero-order valence-corrected chi connectivity index (χ0v) is 21.4. The SMILES string of the molecule is O=C(Nc1ccc(SC(C(=O)Nc2ccc(Cl)cc2Cl)c2ccccc2)cc1)c1cccc([N+](=O)[O-])c1. The van der Waals surface area contributed by atoms with E-state index in [1.165, 1.54) is 36.0 Å². The molecule has 1 unspecified atom stereocenters. The Hall–Kier alpha value is -3.85. The van der Waals surface area contributed by atoms with E-state index in [2.05, 4.69) is 10.6 Å². The zero-order valence-electron chi connectivity index (χ0n) is 19.1. The summed E-state index contributed by atoms with van der Waals surface area (Å²) in [6.07, 6.45) is 0. The summed E-state index contributed by atoms with van der Waals surface area (Å²) in [5.74, 6) is -0.728. The van der Waals surface area contributed by atoms with Crippen LogP contribution in [0.15, 0.2) is 102 Å². The molecule has 4 aromatic rings. The number of rotatable bonds is 8. The Morgan fingerprint density at radius 1 is 0.838 bits per heavy atom. The molecule has 7 nitrogen and oxygen atoms in total. The molecule has 37 heavy (non-hydrogen) atoms. The first kappa shape index (κ1) is 26.2. The molecule has 2 amide bonds. The van der Waals surface area contributed by atoms with Crippen LogP contribution < -0.4 is 10.6 Å². The van der Waals surface area contributed by atoms with E-state index in [4.69, 9.17) is 23.2 Å². The van der Waals surface area contributed by atoms with Gasteiger partial charge < -0.3 is 10.6 Å². The van der Waals surface area contributed by atoms with E-state index in [-0.39, 0.29) is 17.2 Å². The van der Waals surface area contributed by atoms with Gasteiger partial charge in [-0.15, -0.1) is 11.8 Å². The lowest BCUT2D eigenvalue weighted by Gasteiger charge is -2.18. The fraction of sp³-hybridized carbons (Fsp3) is 0.0370. The molecule has 0 spiro atoms. The first-order valence-corrected chi connectivity index (χ1v) is 12.6. The molecule has 0 radical (unpaired) electrons. The van der Waals surface area contributed by atoms with Crippen molar-refractivity contribution in [3.8, 4) is 0 Å². The number of thioether (sulfide) groups is 1. The Morgan fingerprint density at radius 3 is 2.24 bits per heavy atom. The molecule has 0 saturated carbocycles. The van der Waals surface area contributed by atoms with E-state index in [1.807, 2.05) is 30.3 Å². The van der Waals surface area contributed by atoms with Crippen LogP contribution >= 0.6 is 35.0 Å². The maximum atomic E-state index is 13.3. The third-order valence-corrected chi connectivity index (χ3v) is 7.03. The second-order valence-electron chi connectivity index (χ2n) is 7.81. The van der Waals surface area contributed by atoms with Crippen molar-refractivity contribution in [1.29, 1.82) is 0 Å². The number of anilines is 2. The van der Waals surface area contributed by atoms with Crippen molar-refractivity contribution in [2.45, 2.75) is 10.1 Å². The van der Waals surface area contributed by atoms with Gasteiger partial charge in [0, 0.05) is 33.3 Å². The highest BCUT2D eigenvalue weighted by atomic mass is 35.5. The van der Waals surface area contributed by atoms with E-state index in [1.54, 1.807) is 42.5 Å². The summed E-state index contributed by atoms with van der Waals surface area (Å²) in [6, 6.07) is 26.7. The number of carbonyl (C=O) groups excluding carboxylic acids is 2. The maximum absolute atomic E-state index is 13.3. The highest BCUT2D eigenvalue weighted by Crippen LogP contribution is 2.37. The number of nitrogens with zero attached hydrogens (tertiary/aromatic N) is 1. The third-order valence-electron chi connectivity index (χ3n) is 5.21. The van der Waals surface area contributed by atoms with Crippen LogP contribution in [0.1, 0.15) is 21.2 Å². The van der Waals surface area contributed by atoms with Crippen LogP contribution in [0.25, 0.3) is 0 Å². The zero-order chi connectivity index (χ0) is 26.4. The second-order valence-corrected chi connectivity index (χ2v) is 9.83. The Labute approximate surface area is 227 Å². The fourth-order valence-electron chi connectivity index (χ4n) is 3.41. The molecule has 4 aromatic carbocycles. The number of nitrogens with one attached hydrogen (secondary N) is 2. The minimum absolute atomic E-state index is 0.162. The lowest BCUT2D eigenvalue weighted by atomic mass is 10.1. The van der Waals surface area contributed by atoms with Gasteiger partial charge in [-0.05, 0) is 54.1 Å². The summed E-state index contributed by atoms with van der Waals surface area (Å²) in [5.41, 5.74) is 1.78. The normalized spacial score (nSPS) is 11.4. The Bertz CT molecular complexity index is 1450. The van der Waals surface area contributed by atoms with Gasteiger partial charge in [0.15, 0.2) is 0 Å². The molecule has 0 aliphatic rings. The van der Waals surface area contributed by atoms with Gasteiger partial charge in [0.2, 0.25) is 5.91 Å². The summed E-state index contributed by atoms with van der Waals surface area (Å²) in [4.78, 5) is 37.0. The van der Waals surface area contributed by atoms with Crippen molar-refractivity contribution < 1.29 is 14.5 Å². The van der Waals surface area contributed by atoms with Gasteiger partial charge >= 0.3 is 0 Å². The molecule has 1 atom stereocenters. The lowest BCUT2D eigenvalue weighted by Crippen LogP contribution is -2.19. The smallest absolute Gasteiger partial charge is 0.270 e. The first-order valence-electron chi connectivity index (χ1n) is 10.9. The van der Waals surface area contributed by atoms with Crippen molar-refractivity contribution in [2.24, 2.45) is 0 Å². The Balaban J connectivity index is 1.49. The summed E-state index contributed by atoms with van der Waals surface area (Å²) < 4.78 is 0. The van der Waals surface area contributed by atoms with Crippen LogP contribution in [-0.2, 0) is 4.79 Å². The lowest BCUT2D eigenvalue weighted by molar-refractivity contribution is -0.384. The molecule has 0 saturated heterocycles. The van der Waals surface area contributed by atoms with Crippen molar-refractivity contribution in [2.75, 3.05) is 10.6 Å². The van der Waals surface area contributed by atoms with E-state index >= 15 is 0 Å². The number of benzene rings is 4. The first-order chi connectivity index (χ1) is 17.8. The van der Waals surface area contributed by atoms with Gasteiger partial charge in [0.25, 0.3) is 11.6 Å². The molecular formula is C27H19Cl2N3O4S. The fourth-order valence-corrected chi connectivity index (χ4v) is 4.89. The summed E-state index contributed by atoms with van der Waals surface area (Å²) in [7, 11) is 0. The average Bonchev–Trinajstić information content (AvgIpc) is 2.90. The highest BCUT2D eigenvalue weighted by molar-refractivity contribution is 8.00. The second kappa shape index (κ2) is 11.9. The molecular weight excluding hydrogens is 533 g/mol. The van der Waals surface area contributed by atoms with Gasteiger partial charge in [0.05, 0.1) is 15.6 Å². The summed E-state index contributed by atoms with van der Waals surface area (Å²) in [5, 5.41) is 16.8. The number of non-ortho nitro benzene ring substituents is 1. The molecule has 4 rings (SSSR count). The van der Waals surface area contributed by atoms with E-state index in [9.17, 15) is 19.7 Å². The van der Waals surface area contributed by atoms with Gasteiger partial charge in [-0.2, -0.15) is 0 Å². The topological polar surface area (TPSA) is 101 Å². The molecule has 0 aliphatic heterocycles. The number of nitro benzene ring substituents is 1. The molecule has 10 heteroatoms. The highest BCUT2D eigenvalue weighted by Gasteiger charge is 2.23. The van der Waals surface area contributed by atoms with Crippen LogP contribution in [-0.4, -0.2) is 16.7 Å². The third kappa shape index (κ3) is 6.89. The van der Waals surface area contributed by atoms with Crippen LogP contribution in [0.3, 0.4) is 0 Å². The number of hydrogen-bond acceptors (Lipinski definition) is 5. The molecule has 0 aromatic heterocycles. The summed E-state index contributed by atoms with van der Waals surface area (Å²) in [6.45, 7) is 0. The monoisotopic (exact) mass is 551 g/mol. The number of nitro groups is 1. The minimum atomic E-state index is -0.585. The van der Waals surface area contributed by atoms with Crippen LogP contribution in [0, 0.1) is 10.1 Å². The number of amides is 2. The molecule has 0 bridgehead atoms. The Kier molecular flexibility index (Phi) is 8.45. The number of carbonyl (C=O) groups is 2. The van der Waals surface area contributed by atoms with E-state index < -0.39 is 16.1 Å². The van der Waals surface area contributed by atoms with Crippen molar-refractivity contribution >= 4 is 63.8 Å². The van der Waals surface area contributed by atoms with Gasteiger partial charge in [-0.25, -0.2) is 0 Å². The molecule has 0 aliphatic carbocycles. The standard InChI is InChI=1S/C27H19Cl2N3O4S/c28-19-9-14-24(23(29)16-19)31-27(34)25(17-5-2-1-3-6-17)37-22-12-10-20(11-13-22)30-26(33)18-7-4-8-21(15-18)32(35)36/h1-16,25H,(H,30,33)(H,31,34). The van der Waals surface area contributed by atoms with Crippen molar-refractivity contribution in [1.82, 2.24) is 0 Å². The quantitative estimate of drug-likeness (QED) is 0.133.